The number of esters is 1. The Balaban J connectivity index is 1.80. The number of anilines is 1. The number of benzene rings is 3. The van der Waals surface area contributed by atoms with Crippen LogP contribution in [0, 0.1) is 6.92 Å². The summed E-state index contributed by atoms with van der Waals surface area (Å²) < 4.78 is 10.7. The van der Waals surface area contributed by atoms with Crippen molar-refractivity contribution < 1.29 is 18.7 Å². The number of hydrogen-bond donors (Lipinski definition) is 1. The minimum absolute atomic E-state index is 0.176. The maximum Gasteiger partial charge on any atom is 0.337 e. The van der Waals surface area contributed by atoms with E-state index in [9.17, 15) is 9.59 Å². The Morgan fingerprint density at radius 3 is 2.39 bits per heavy atom. The van der Waals surface area contributed by atoms with Gasteiger partial charge in [-0.1, -0.05) is 36.4 Å². The van der Waals surface area contributed by atoms with Crippen LogP contribution in [0.15, 0.2) is 88.3 Å². The van der Waals surface area contributed by atoms with Gasteiger partial charge in [-0.25, -0.2) is 9.79 Å². The average Bonchev–Trinajstić information content (AvgIpc) is 2.80. The van der Waals surface area contributed by atoms with Gasteiger partial charge in [-0.05, 0) is 55.0 Å². The van der Waals surface area contributed by atoms with E-state index in [1.165, 1.54) is 7.11 Å². The van der Waals surface area contributed by atoms with Gasteiger partial charge in [0.1, 0.15) is 11.1 Å². The molecular weight excluding hydrogens is 392 g/mol. The summed E-state index contributed by atoms with van der Waals surface area (Å²) in [4.78, 5) is 29.3. The van der Waals surface area contributed by atoms with E-state index in [4.69, 9.17) is 9.15 Å². The molecule has 6 heteroatoms. The summed E-state index contributed by atoms with van der Waals surface area (Å²) in [5.74, 6) is -0.756. The number of rotatable bonds is 4. The van der Waals surface area contributed by atoms with Crippen LogP contribution >= 0.6 is 0 Å². The molecule has 1 heterocycles. The number of aryl methyl sites for hydroxylation is 1. The van der Waals surface area contributed by atoms with E-state index in [-0.39, 0.29) is 11.5 Å². The van der Waals surface area contributed by atoms with Crippen molar-refractivity contribution in [3.05, 3.63) is 101 Å². The number of methoxy groups -OCH3 is 1. The van der Waals surface area contributed by atoms with Gasteiger partial charge in [0.15, 0.2) is 0 Å². The van der Waals surface area contributed by atoms with Crippen molar-refractivity contribution in [3.8, 4) is 0 Å². The Kier molecular flexibility index (Phi) is 5.62. The number of hydrogen-bond acceptors (Lipinski definition) is 5. The molecule has 0 spiro atoms. The summed E-state index contributed by atoms with van der Waals surface area (Å²) in [5.41, 5.74) is 3.71. The van der Waals surface area contributed by atoms with Gasteiger partial charge in [-0.2, -0.15) is 0 Å². The van der Waals surface area contributed by atoms with Crippen LogP contribution in [-0.4, -0.2) is 19.0 Å². The van der Waals surface area contributed by atoms with Crippen LogP contribution in [0.2, 0.25) is 0 Å². The van der Waals surface area contributed by atoms with E-state index < -0.39 is 5.97 Å². The average molecular weight is 412 g/mol. The number of carbonyl (C=O) groups excluding carboxylic acids is 2. The summed E-state index contributed by atoms with van der Waals surface area (Å²) in [7, 11) is 1.33. The largest absolute Gasteiger partial charge is 0.465 e. The van der Waals surface area contributed by atoms with Gasteiger partial charge >= 0.3 is 5.97 Å². The molecule has 0 radical (unpaired) electrons. The summed E-state index contributed by atoms with van der Waals surface area (Å²) in [6.45, 7) is 1.93. The highest BCUT2D eigenvalue weighted by Gasteiger charge is 2.14. The monoisotopic (exact) mass is 412 g/mol. The second-order valence-corrected chi connectivity index (χ2v) is 6.92. The number of amides is 1. The molecule has 1 aromatic heterocycles. The first-order chi connectivity index (χ1) is 15.0. The molecule has 0 saturated heterocycles. The lowest BCUT2D eigenvalue weighted by atomic mass is 10.1. The smallest absolute Gasteiger partial charge is 0.337 e. The van der Waals surface area contributed by atoms with Gasteiger partial charge in [0.05, 0.1) is 18.4 Å². The van der Waals surface area contributed by atoms with E-state index >= 15 is 0 Å². The van der Waals surface area contributed by atoms with Gasteiger partial charge in [0.25, 0.3) is 5.91 Å². The lowest BCUT2D eigenvalue weighted by Crippen LogP contribution is -2.22. The van der Waals surface area contributed by atoms with Crippen molar-refractivity contribution >= 4 is 34.2 Å². The van der Waals surface area contributed by atoms with Gasteiger partial charge in [0, 0.05) is 11.1 Å². The van der Waals surface area contributed by atoms with E-state index in [1.54, 1.807) is 30.3 Å². The fraction of sp³-hybridized carbons (Fsp3) is 0.0800. The van der Waals surface area contributed by atoms with E-state index in [0.29, 0.717) is 28.1 Å². The minimum atomic E-state index is -0.430. The molecule has 3 aromatic carbocycles. The predicted molar refractivity (Wildman–Crippen MR) is 118 cm³/mol. The fourth-order valence-electron chi connectivity index (χ4n) is 3.12. The topological polar surface area (TPSA) is 80.9 Å². The standard InChI is InChI=1S/C25H20N2O4/c1-16-7-3-5-9-21(16)27-23(28)20-15-18-8-4-6-10-22(18)31-24(20)26-19-13-11-17(12-14-19)25(29)30-2/h3-15H,1-2H3,(H,27,28). The Morgan fingerprint density at radius 1 is 0.935 bits per heavy atom. The first-order valence-corrected chi connectivity index (χ1v) is 9.68. The molecule has 0 fully saturated rings. The van der Waals surface area contributed by atoms with Crippen LogP contribution in [0.3, 0.4) is 0 Å². The molecule has 0 aliphatic heterocycles. The Labute approximate surface area is 178 Å². The molecule has 0 aliphatic rings. The first-order valence-electron chi connectivity index (χ1n) is 9.68. The Hall–Kier alpha value is -4.19. The van der Waals surface area contributed by atoms with Crippen molar-refractivity contribution in [1.29, 1.82) is 0 Å². The molecular formula is C25H20N2O4. The quantitative estimate of drug-likeness (QED) is 0.478. The minimum Gasteiger partial charge on any atom is -0.465 e. The molecule has 4 aromatic rings. The predicted octanol–water partition coefficient (Wildman–Crippen LogP) is 5.01. The van der Waals surface area contributed by atoms with Crippen molar-refractivity contribution in [2.45, 2.75) is 6.92 Å². The van der Waals surface area contributed by atoms with Crippen LogP contribution in [-0.2, 0) is 4.74 Å². The van der Waals surface area contributed by atoms with Gasteiger partial charge in [0.2, 0.25) is 5.55 Å². The van der Waals surface area contributed by atoms with Gasteiger partial charge < -0.3 is 14.5 Å². The molecule has 0 atom stereocenters. The molecule has 4 rings (SSSR count). The van der Waals surface area contributed by atoms with Crippen LogP contribution in [0.4, 0.5) is 11.4 Å². The van der Waals surface area contributed by atoms with E-state index in [2.05, 4.69) is 10.3 Å². The van der Waals surface area contributed by atoms with Crippen molar-refractivity contribution in [3.63, 3.8) is 0 Å². The molecule has 6 nitrogen and oxygen atoms in total. The Bertz CT molecular complexity index is 1340. The number of para-hydroxylation sites is 2. The maximum atomic E-state index is 13.1. The summed E-state index contributed by atoms with van der Waals surface area (Å²) in [6.07, 6.45) is 0. The third kappa shape index (κ3) is 4.38. The van der Waals surface area contributed by atoms with Crippen molar-refractivity contribution in [1.82, 2.24) is 0 Å². The second-order valence-electron chi connectivity index (χ2n) is 6.92. The summed E-state index contributed by atoms with van der Waals surface area (Å²) in [6, 6.07) is 23.3. The highest BCUT2D eigenvalue weighted by molar-refractivity contribution is 6.05. The number of nitrogens with zero attached hydrogens (tertiary/aromatic N) is 1. The number of ether oxygens (including phenoxy) is 1. The third-order valence-electron chi connectivity index (χ3n) is 4.81. The molecule has 31 heavy (non-hydrogen) atoms. The zero-order valence-electron chi connectivity index (χ0n) is 17.1. The van der Waals surface area contributed by atoms with Crippen molar-refractivity contribution in [2.24, 2.45) is 4.99 Å². The molecule has 0 aliphatic carbocycles. The SMILES string of the molecule is COC(=O)c1ccc(N=c2oc3ccccc3cc2C(=O)Nc2ccccc2C)cc1. The van der Waals surface area contributed by atoms with Crippen LogP contribution in [0.5, 0.6) is 0 Å². The summed E-state index contributed by atoms with van der Waals surface area (Å²) >= 11 is 0. The van der Waals surface area contributed by atoms with Crippen molar-refractivity contribution in [2.75, 3.05) is 12.4 Å². The van der Waals surface area contributed by atoms with Crippen LogP contribution < -0.4 is 10.9 Å². The molecule has 0 bridgehead atoms. The molecule has 1 amide bonds. The van der Waals surface area contributed by atoms with E-state index in [1.807, 2.05) is 55.5 Å². The molecule has 1 N–H and O–H groups in total. The molecule has 0 saturated carbocycles. The van der Waals surface area contributed by atoms with Crippen LogP contribution in [0.25, 0.3) is 11.0 Å². The molecule has 154 valence electrons. The number of fused-ring (bicyclic) bond motifs is 1. The third-order valence-corrected chi connectivity index (χ3v) is 4.81. The normalized spacial score (nSPS) is 11.4. The summed E-state index contributed by atoms with van der Waals surface area (Å²) in [5, 5.41) is 3.72. The lowest BCUT2D eigenvalue weighted by Gasteiger charge is -2.09. The maximum absolute atomic E-state index is 13.1. The first kappa shape index (κ1) is 20.1. The zero-order valence-corrected chi connectivity index (χ0v) is 17.1. The van der Waals surface area contributed by atoms with E-state index in [0.717, 1.165) is 10.9 Å². The van der Waals surface area contributed by atoms with Gasteiger partial charge in [-0.15, -0.1) is 0 Å². The van der Waals surface area contributed by atoms with Gasteiger partial charge in [-0.3, -0.25) is 4.79 Å². The fourth-order valence-corrected chi connectivity index (χ4v) is 3.12. The second kappa shape index (κ2) is 8.67. The number of nitrogens with one attached hydrogen (secondary N) is 1. The Morgan fingerprint density at radius 2 is 1.65 bits per heavy atom. The lowest BCUT2D eigenvalue weighted by molar-refractivity contribution is 0.0600. The zero-order chi connectivity index (χ0) is 21.8. The highest BCUT2D eigenvalue weighted by atomic mass is 16.5. The molecule has 0 unspecified atom stereocenters. The highest BCUT2D eigenvalue weighted by Crippen LogP contribution is 2.18. The van der Waals surface area contributed by atoms with Crippen LogP contribution in [0.1, 0.15) is 26.3 Å². The number of carbonyl (C=O) groups is 2.